The second-order valence-electron chi connectivity index (χ2n) is 6.63. The van der Waals surface area contributed by atoms with Gasteiger partial charge in [-0.1, -0.05) is 12.1 Å². The summed E-state index contributed by atoms with van der Waals surface area (Å²) >= 11 is 0. The molecule has 0 aliphatic carbocycles. The molecule has 1 heterocycles. The van der Waals surface area contributed by atoms with Crippen LogP contribution in [0.25, 0.3) is 0 Å². The summed E-state index contributed by atoms with van der Waals surface area (Å²) in [5.41, 5.74) is 6.29. The average Bonchev–Trinajstić information content (AvgIpc) is 3.09. The normalized spacial score (nSPS) is 20.0. The number of carbonyl (C=O) groups is 3. The lowest BCUT2D eigenvalue weighted by atomic mass is 10.1. The molecule has 0 spiro atoms. The number of ether oxygens (including phenoxy) is 2. The zero-order valence-electron chi connectivity index (χ0n) is 15.7. The average molecular weight is 394 g/mol. The molecule has 1 aliphatic rings. The maximum atomic E-state index is 12.4. The lowest BCUT2D eigenvalue weighted by Gasteiger charge is -2.21. The number of nitrogens with zero attached hydrogens (tertiary/aromatic N) is 1. The topological polar surface area (TPSA) is 139 Å². The summed E-state index contributed by atoms with van der Waals surface area (Å²) in [7, 11) is 0. The highest BCUT2D eigenvalue weighted by molar-refractivity contribution is 5.85. The quantitative estimate of drug-likeness (QED) is 0.531. The Morgan fingerprint density at radius 3 is 2.71 bits per heavy atom. The standard InChI is InChI=1S/C19H26N2O7/c1-2-27-13-5-3-4-12(8-13)11-28-14-9-16(19(25)26)21(10-14)17(22)7-6-15(20)18(23)24/h3-5,8,14-16H,2,6-7,9-11,20H2,1H3,(H,23,24)(H,25,26). The van der Waals surface area contributed by atoms with Crippen LogP contribution in [-0.4, -0.2) is 64.3 Å². The number of hydrogen-bond acceptors (Lipinski definition) is 6. The fraction of sp³-hybridized carbons (Fsp3) is 0.526. The molecule has 3 atom stereocenters. The molecule has 0 radical (unpaired) electrons. The lowest BCUT2D eigenvalue weighted by Crippen LogP contribution is -2.41. The zero-order valence-corrected chi connectivity index (χ0v) is 15.7. The summed E-state index contributed by atoms with van der Waals surface area (Å²) in [6.07, 6.45) is -0.418. The Balaban J connectivity index is 1.93. The highest BCUT2D eigenvalue weighted by atomic mass is 16.5. The van der Waals surface area contributed by atoms with E-state index in [2.05, 4.69) is 0 Å². The molecule has 0 aromatic heterocycles. The van der Waals surface area contributed by atoms with Crippen molar-refractivity contribution in [1.82, 2.24) is 4.90 Å². The summed E-state index contributed by atoms with van der Waals surface area (Å²) in [4.78, 5) is 35.9. The van der Waals surface area contributed by atoms with Crippen LogP contribution in [0.3, 0.4) is 0 Å². The Kier molecular flexibility index (Phi) is 7.77. The van der Waals surface area contributed by atoms with Crippen molar-refractivity contribution >= 4 is 17.8 Å². The minimum Gasteiger partial charge on any atom is -0.494 e. The molecule has 1 amide bonds. The van der Waals surface area contributed by atoms with E-state index >= 15 is 0 Å². The molecule has 0 bridgehead atoms. The third kappa shape index (κ3) is 5.93. The predicted molar refractivity (Wildman–Crippen MR) is 98.8 cm³/mol. The molecule has 9 heteroatoms. The van der Waals surface area contributed by atoms with Gasteiger partial charge < -0.3 is 30.3 Å². The molecule has 2 rings (SSSR count). The largest absolute Gasteiger partial charge is 0.494 e. The number of carboxylic acid groups (broad SMARTS) is 2. The van der Waals surface area contributed by atoms with E-state index in [9.17, 15) is 19.5 Å². The summed E-state index contributed by atoms with van der Waals surface area (Å²) in [6.45, 7) is 2.85. The second-order valence-corrected chi connectivity index (χ2v) is 6.63. The van der Waals surface area contributed by atoms with Gasteiger partial charge in [0.05, 0.1) is 19.3 Å². The van der Waals surface area contributed by atoms with E-state index in [1.807, 2.05) is 31.2 Å². The molecule has 4 N–H and O–H groups in total. The van der Waals surface area contributed by atoms with Crippen molar-refractivity contribution in [2.45, 2.75) is 51.0 Å². The first-order valence-corrected chi connectivity index (χ1v) is 9.15. The van der Waals surface area contributed by atoms with Crippen LogP contribution >= 0.6 is 0 Å². The Labute approximate surface area is 163 Å². The molecular weight excluding hydrogens is 368 g/mol. The van der Waals surface area contributed by atoms with Crippen LogP contribution < -0.4 is 10.5 Å². The molecule has 1 saturated heterocycles. The number of hydrogen-bond donors (Lipinski definition) is 3. The van der Waals surface area contributed by atoms with Gasteiger partial charge >= 0.3 is 11.9 Å². The Morgan fingerprint density at radius 1 is 1.32 bits per heavy atom. The number of likely N-dealkylation sites (tertiary alicyclic amines) is 1. The number of aliphatic carboxylic acids is 2. The molecule has 28 heavy (non-hydrogen) atoms. The fourth-order valence-corrected chi connectivity index (χ4v) is 3.08. The van der Waals surface area contributed by atoms with Crippen LogP contribution in [0.4, 0.5) is 0 Å². The Morgan fingerprint density at radius 2 is 2.07 bits per heavy atom. The van der Waals surface area contributed by atoms with Crippen LogP contribution in [0.2, 0.25) is 0 Å². The van der Waals surface area contributed by atoms with Gasteiger partial charge in [0.1, 0.15) is 17.8 Å². The van der Waals surface area contributed by atoms with E-state index < -0.39 is 36.0 Å². The number of nitrogens with two attached hydrogens (primary N) is 1. The second kappa shape index (κ2) is 10.0. The molecule has 1 aliphatic heterocycles. The highest BCUT2D eigenvalue weighted by Gasteiger charge is 2.40. The van der Waals surface area contributed by atoms with Crippen LogP contribution in [0, 0.1) is 0 Å². The van der Waals surface area contributed by atoms with Crippen molar-refractivity contribution in [3.05, 3.63) is 29.8 Å². The fourth-order valence-electron chi connectivity index (χ4n) is 3.08. The van der Waals surface area contributed by atoms with E-state index in [0.29, 0.717) is 6.61 Å². The van der Waals surface area contributed by atoms with E-state index in [1.165, 1.54) is 4.90 Å². The maximum Gasteiger partial charge on any atom is 0.326 e. The number of rotatable bonds is 10. The van der Waals surface area contributed by atoms with Crippen LogP contribution in [-0.2, 0) is 25.7 Å². The number of carboxylic acids is 2. The molecule has 1 fully saturated rings. The van der Waals surface area contributed by atoms with Crippen molar-refractivity contribution in [3.8, 4) is 5.75 Å². The Hall–Kier alpha value is -2.65. The first kappa shape index (κ1) is 21.6. The lowest BCUT2D eigenvalue weighted by molar-refractivity contribution is -0.148. The van der Waals surface area contributed by atoms with Crippen molar-refractivity contribution in [2.75, 3.05) is 13.2 Å². The van der Waals surface area contributed by atoms with E-state index in [0.717, 1.165) is 11.3 Å². The van der Waals surface area contributed by atoms with Crippen molar-refractivity contribution in [3.63, 3.8) is 0 Å². The van der Waals surface area contributed by atoms with Crippen molar-refractivity contribution < 1.29 is 34.1 Å². The molecule has 3 unspecified atom stereocenters. The van der Waals surface area contributed by atoms with E-state index in [1.54, 1.807) is 0 Å². The minimum absolute atomic E-state index is 0.0489. The first-order chi connectivity index (χ1) is 13.3. The first-order valence-electron chi connectivity index (χ1n) is 9.15. The molecule has 154 valence electrons. The number of amides is 1. The van der Waals surface area contributed by atoms with Gasteiger partial charge in [-0.2, -0.15) is 0 Å². The SMILES string of the molecule is CCOc1cccc(COC2CC(C(=O)O)N(C(=O)CCC(N)C(=O)O)C2)c1. The monoisotopic (exact) mass is 394 g/mol. The highest BCUT2D eigenvalue weighted by Crippen LogP contribution is 2.24. The van der Waals surface area contributed by atoms with Gasteiger partial charge in [0.15, 0.2) is 0 Å². The van der Waals surface area contributed by atoms with E-state index in [-0.39, 0.29) is 32.4 Å². The Bertz CT molecular complexity index is 709. The summed E-state index contributed by atoms with van der Waals surface area (Å²) < 4.78 is 11.3. The summed E-state index contributed by atoms with van der Waals surface area (Å²) in [5.74, 6) is -2.02. The van der Waals surface area contributed by atoms with Gasteiger partial charge in [0.25, 0.3) is 0 Å². The van der Waals surface area contributed by atoms with Gasteiger partial charge in [-0.25, -0.2) is 4.79 Å². The molecule has 0 saturated carbocycles. The van der Waals surface area contributed by atoms with Gasteiger partial charge in [-0.15, -0.1) is 0 Å². The van der Waals surface area contributed by atoms with Crippen LogP contribution in [0.15, 0.2) is 24.3 Å². The smallest absolute Gasteiger partial charge is 0.326 e. The summed E-state index contributed by atoms with van der Waals surface area (Å²) in [5, 5.41) is 18.2. The molecule has 1 aromatic rings. The minimum atomic E-state index is -1.19. The van der Waals surface area contributed by atoms with Crippen molar-refractivity contribution in [2.24, 2.45) is 5.73 Å². The van der Waals surface area contributed by atoms with Crippen LogP contribution in [0.5, 0.6) is 5.75 Å². The number of carbonyl (C=O) groups excluding carboxylic acids is 1. The third-order valence-electron chi connectivity index (χ3n) is 4.55. The third-order valence-corrected chi connectivity index (χ3v) is 4.55. The van der Waals surface area contributed by atoms with Gasteiger partial charge in [0.2, 0.25) is 5.91 Å². The molecule has 9 nitrogen and oxygen atoms in total. The maximum absolute atomic E-state index is 12.4. The molecule has 1 aromatic carbocycles. The summed E-state index contributed by atoms with van der Waals surface area (Å²) in [6, 6.07) is 5.27. The van der Waals surface area contributed by atoms with E-state index in [4.69, 9.17) is 20.3 Å². The predicted octanol–water partition coefficient (Wildman–Crippen LogP) is 0.848. The van der Waals surface area contributed by atoms with Gasteiger partial charge in [0, 0.05) is 19.4 Å². The van der Waals surface area contributed by atoms with Crippen molar-refractivity contribution in [1.29, 1.82) is 0 Å². The zero-order chi connectivity index (χ0) is 20.7. The van der Waals surface area contributed by atoms with Crippen LogP contribution in [0.1, 0.15) is 31.7 Å². The van der Waals surface area contributed by atoms with Gasteiger partial charge in [-0.3, -0.25) is 9.59 Å². The molecular formula is C19H26N2O7. The van der Waals surface area contributed by atoms with Gasteiger partial charge in [-0.05, 0) is 31.0 Å². The number of benzene rings is 1.